The van der Waals surface area contributed by atoms with E-state index in [0.717, 1.165) is 43.8 Å². The van der Waals surface area contributed by atoms with Crippen LogP contribution >= 0.6 is 0 Å². The predicted octanol–water partition coefficient (Wildman–Crippen LogP) is 3.95. The molecule has 1 atom stereocenters. The van der Waals surface area contributed by atoms with Crippen LogP contribution in [0.3, 0.4) is 0 Å². The molecule has 1 heterocycles. The third-order valence-electron chi connectivity index (χ3n) is 4.65. The van der Waals surface area contributed by atoms with Crippen molar-refractivity contribution in [1.29, 1.82) is 0 Å². The molecule has 1 aliphatic rings. The smallest absolute Gasteiger partial charge is 0.315 e. The van der Waals surface area contributed by atoms with Gasteiger partial charge < -0.3 is 20.3 Å². The number of piperidine rings is 1. The first kappa shape index (κ1) is 20.6. The number of amides is 2. The Labute approximate surface area is 158 Å². The molecule has 0 aromatic heterocycles. The molecule has 0 bridgehead atoms. The number of likely N-dealkylation sites (tertiary alicyclic amines) is 1. The van der Waals surface area contributed by atoms with Gasteiger partial charge in [-0.1, -0.05) is 26.0 Å². The minimum absolute atomic E-state index is 0.0378. The number of urea groups is 1. The van der Waals surface area contributed by atoms with Crippen LogP contribution < -0.4 is 15.4 Å². The van der Waals surface area contributed by atoms with Gasteiger partial charge in [0.05, 0.1) is 12.1 Å². The van der Waals surface area contributed by atoms with Gasteiger partial charge in [-0.15, -0.1) is 0 Å². The minimum Gasteiger partial charge on any atom is -0.491 e. The zero-order valence-corrected chi connectivity index (χ0v) is 16.9. The van der Waals surface area contributed by atoms with Gasteiger partial charge in [-0.25, -0.2) is 4.79 Å². The van der Waals surface area contributed by atoms with Crippen molar-refractivity contribution in [2.24, 2.45) is 5.92 Å². The Balaban J connectivity index is 1.75. The van der Waals surface area contributed by atoms with Crippen LogP contribution in [-0.4, -0.2) is 42.7 Å². The number of benzene rings is 1. The molecule has 1 aromatic carbocycles. The highest BCUT2D eigenvalue weighted by Crippen LogP contribution is 2.19. The number of carbonyl (C=O) groups is 1. The van der Waals surface area contributed by atoms with Crippen LogP contribution in [0.2, 0.25) is 0 Å². The van der Waals surface area contributed by atoms with E-state index in [2.05, 4.69) is 29.4 Å². The SMILES string of the molecule is CC(C)CN1CCC(NC(=O)N[C@H](C)c2ccc(OC(C)C)cc2)CC1. The molecular weight excluding hydrogens is 326 g/mol. The summed E-state index contributed by atoms with van der Waals surface area (Å²) in [4.78, 5) is 14.8. The first-order chi connectivity index (χ1) is 12.3. The first-order valence-corrected chi connectivity index (χ1v) is 9.89. The summed E-state index contributed by atoms with van der Waals surface area (Å²) in [5.41, 5.74) is 1.07. The van der Waals surface area contributed by atoms with Crippen molar-refractivity contribution in [2.75, 3.05) is 19.6 Å². The zero-order valence-electron chi connectivity index (χ0n) is 16.9. The van der Waals surface area contributed by atoms with E-state index < -0.39 is 0 Å². The van der Waals surface area contributed by atoms with Gasteiger partial charge in [-0.3, -0.25) is 0 Å². The van der Waals surface area contributed by atoms with Crippen molar-refractivity contribution in [3.05, 3.63) is 29.8 Å². The van der Waals surface area contributed by atoms with Gasteiger partial charge in [0.25, 0.3) is 0 Å². The highest BCUT2D eigenvalue weighted by molar-refractivity contribution is 5.74. The Morgan fingerprint density at radius 1 is 1.12 bits per heavy atom. The average molecular weight is 362 g/mol. The van der Waals surface area contributed by atoms with Crippen molar-refractivity contribution in [3.63, 3.8) is 0 Å². The van der Waals surface area contributed by atoms with Gasteiger partial charge in [-0.05, 0) is 57.2 Å². The molecular formula is C21H35N3O2. The van der Waals surface area contributed by atoms with E-state index in [4.69, 9.17) is 4.74 Å². The fourth-order valence-corrected chi connectivity index (χ4v) is 3.39. The summed E-state index contributed by atoms with van der Waals surface area (Å²) >= 11 is 0. The fraction of sp³-hybridized carbons (Fsp3) is 0.667. The zero-order chi connectivity index (χ0) is 19.1. The lowest BCUT2D eigenvalue weighted by molar-refractivity contribution is 0.177. The Hall–Kier alpha value is -1.75. The van der Waals surface area contributed by atoms with Crippen LogP contribution in [0, 0.1) is 5.92 Å². The molecule has 5 nitrogen and oxygen atoms in total. The van der Waals surface area contributed by atoms with E-state index in [1.165, 1.54) is 0 Å². The average Bonchev–Trinajstić information content (AvgIpc) is 2.56. The number of carbonyl (C=O) groups excluding carboxylic acids is 1. The van der Waals surface area contributed by atoms with Crippen LogP contribution in [0.4, 0.5) is 4.79 Å². The molecule has 2 N–H and O–H groups in total. The largest absolute Gasteiger partial charge is 0.491 e. The number of hydrogen-bond acceptors (Lipinski definition) is 3. The Morgan fingerprint density at radius 3 is 2.27 bits per heavy atom. The van der Waals surface area contributed by atoms with Crippen LogP contribution in [0.25, 0.3) is 0 Å². The fourth-order valence-electron chi connectivity index (χ4n) is 3.39. The highest BCUT2D eigenvalue weighted by Gasteiger charge is 2.21. The molecule has 0 aliphatic carbocycles. The van der Waals surface area contributed by atoms with E-state index in [-0.39, 0.29) is 24.2 Å². The van der Waals surface area contributed by atoms with Gasteiger partial charge in [-0.2, -0.15) is 0 Å². The molecule has 1 fully saturated rings. The Morgan fingerprint density at radius 2 is 1.73 bits per heavy atom. The molecule has 26 heavy (non-hydrogen) atoms. The number of rotatable bonds is 7. The molecule has 1 aliphatic heterocycles. The molecule has 2 amide bonds. The Bertz CT molecular complexity index is 549. The summed E-state index contributed by atoms with van der Waals surface area (Å²) in [6, 6.07) is 8.07. The van der Waals surface area contributed by atoms with E-state index in [0.29, 0.717) is 5.92 Å². The maximum absolute atomic E-state index is 12.3. The van der Waals surface area contributed by atoms with Gasteiger partial charge in [0.1, 0.15) is 5.75 Å². The van der Waals surface area contributed by atoms with Gasteiger partial charge in [0.2, 0.25) is 0 Å². The quantitative estimate of drug-likeness (QED) is 0.773. The van der Waals surface area contributed by atoms with Crippen LogP contribution in [0.1, 0.15) is 59.1 Å². The molecule has 0 unspecified atom stereocenters. The molecule has 0 spiro atoms. The molecule has 1 aromatic rings. The third-order valence-corrected chi connectivity index (χ3v) is 4.65. The van der Waals surface area contributed by atoms with E-state index in [1.807, 2.05) is 45.0 Å². The van der Waals surface area contributed by atoms with Crippen molar-refractivity contribution < 1.29 is 9.53 Å². The Kier molecular flexibility index (Phi) is 7.76. The van der Waals surface area contributed by atoms with Crippen LogP contribution in [-0.2, 0) is 0 Å². The van der Waals surface area contributed by atoms with Gasteiger partial charge in [0, 0.05) is 25.7 Å². The highest BCUT2D eigenvalue weighted by atomic mass is 16.5. The first-order valence-electron chi connectivity index (χ1n) is 9.89. The number of hydrogen-bond donors (Lipinski definition) is 2. The lowest BCUT2D eigenvalue weighted by atomic mass is 10.0. The van der Waals surface area contributed by atoms with Gasteiger partial charge >= 0.3 is 6.03 Å². The standard InChI is InChI=1S/C21H35N3O2/c1-15(2)14-24-12-10-19(11-13-24)23-21(25)22-17(5)18-6-8-20(9-7-18)26-16(3)4/h6-9,15-17,19H,10-14H2,1-5H3,(H2,22,23,25)/t17-/m1/s1. The molecule has 1 saturated heterocycles. The predicted molar refractivity (Wildman–Crippen MR) is 107 cm³/mol. The second-order valence-electron chi connectivity index (χ2n) is 8.04. The second kappa shape index (κ2) is 9.81. The normalized spacial score (nSPS) is 17.3. The number of nitrogens with one attached hydrogen (secondary N) is 2. The van der Waals surface area contributed by atoms with Gasteiger partial charge in [0.15, 0.2) is 0 Å². The summed E-state index contributed by atoms with van der Waals surface area (Å²) in [7, 11) is 0. The third kappa shape index (κ3) is 6.87. The van der Waals surface area contributed by atoms with Crippen LogP contribution in [0.15, 0.2) is 24.3 Å². The minimum atomic E-state index is -0.0812. The summed E-state index contributed by atoms with van der Waals surface area (Å²) in [5, 5.41) is 6.17. The van der Waals surface area contributed by atoms with Crippen LogP contribution in [0.5, 0.6) is 5.75 Å². The van der Waals surface area contributed by atoms with E-state index in [9.17, 15) is 4.79 Å². The molecule has 2 rings (SSSR count). The topological polar surface area (TPSA) is 53.6 Å². The number of ether oxygens (including phenoxy) is 1. The van der Waals surface area contributed by atoms with E-state index in [1.54, 1.807) is 0 Å². The molecule has 146 valence electrons. The molecule has 5 heteroatoms. The maximum atomic E-state index is 12.3. The lowest BCUT2D eigenvalue weighted by Gasteiger charge is -2.33. The van der Waals surface area contributed by atoms with Crippen molar-refractivity contribution in [3.8, 4) is 5.75 Å². The van der Waals surface area contributed by atoms with E-state index >= 15 is 0 Å². The monoisotopic (exact) mass is 361 g/mol. The second-order valence-corrected chi connectivity index (χ2v) is 8.04. The number of nitrogens with zero attached hydrogens (tertiary/aromatic N) is 1. The summed E-state index contributed by atoms with van der Waals surface area (Å²) < 4.78 is 5.66. The lowest BCUT2D eigenvalue weighted by Crippen LogP contribution is -2.48. The summed E-state index contributed by atoms with van der Waals surface area (Å²) in [6.45, 7) is 13.8. The molecule has 0 radical (unpaired) electrons. The maximum Gasteiger partial charge on any atom is 0.315 e. The van der Waals surface area contributed by atoms with Crippen molar-refractivity contribution in [2.45, 2.75) is 65.6 Å². The summed E-state index contributed by atoms with van der Waals surface area (Å²) in [6.07, 6.45) is 2.21. The van der Waals surface area contributed by atoms with Crippen molar-refractivity contribution in [1.82, 2.24) is 15.5 Å². The molecule has 0 saturated carbocycles. The summed E-state index contributed by atoms with van der Waals surface area (Å²) in [5.74, 6) is 1.55. The van der Waals surface area contributed by atoms with Crippen molar-refractivity contribution >= 4 is 6.03 Å².